The van der Waals surface area contributed by atoms with Crippen molar-refractivity contribution in [1.29, 1.82) is 5.26 Å². The smallest absolute Gasteiger partial charge is 0.0697 e. The van der Waals surface area contributed by atoms with Crippen LogP contribution in [0.2, 0.25) is 0 Å². The van der Waals surface area contributed by atoms with Gasteiger partial charge in [0.05, 0.1) is 12.0 Å². The van der Waals surface area contributed by atoms with Crippen LogP contribution < -0.4 is 0 Å². The van der Waals surface area contributed by atoms with E-state index in [0.29, 0.717) is 6.42 Å². The van der Waals surface area contributed by atoms with E-state index in [1.807, 2.05) is 12.1 Å². The molecule has 1 aliphatic rings. The number of nitrogens with zero attached hydrogens (tertiary/aromatic N) is 1. The Labute approximate surface area is 52.4 Å². The minimum atomic E-state index is -0.546. The fourth-order valence-corrected chi connectivity index (χ4v) is 0.679. The van der Waals surface area contributed by atoms with Crippen molar-refractivity contribution in [2.45, 2.75) is 19.2 Å². The van der Waals surface area contributed by atoms with Crippen molar-refractivity contribution in [2.24, 2.45) is 5.92 Å². The molecule has 8 heavy (non-hydrogen) atoms. The van der Waals surface area contributed by atoms with Gasteiger partial charge in [-0.05, 0) is 19.2 Å². The Morgan fingerprint density at radius 2 is 2.75 bits per heavy atom. The summed E-state index contributed by atoms with van der Waals surface area (Å²) >= 11 is 0. The second-order valence-electron chi connectivity index (χ2n) is 1.75. The van der Waals surface area contributed by atoms with Crippen molar-refractivity contribution in [1.82, 2.24) is 0 Å². The van der Waals surface area contributed by atoms with Crippen molar-refractivity contribution < 1.29 is 2.74 Å². The Bertz CT molecular complexity index is 183. The quantitative estimate of drug-likeness (QED) is 0.435. The van der Waals surface area contributed by atoms with Gasteiger partial charge in [0.1, 0.15) is 0 Å². The molecule has 1 aliphatic carbocycles. The van der Waals surface area contributed by atoms with Crippen LogP contribution in [0.25, 0.3) is 0 Å². The summed E-state index contributed by atoms with van der Waals surface area (Å²) in [6, 6.07) is 1.99. The number of hydrogen-bond acceptors (Lipinski definition) is 1. The Hall–Kier alpha value is -0.770. The molecular weight excluding hydrogens is 98.1 g/mol. The molecule has 0 saturated heterocycles. The van der Waals surface area contributed by atoms with E-state index >= 15 is 0 Å². The van der Waals surface area contributed by atoms with Crippen LogP contribution in [0, 0.1) is 17.2 Å². The van der Waals surface area contributed by atoms with Crippen molar-refractivity contribution in [3.05, 3.63) is 12.2 Å². The molecule has 0 aromatic heterocycles. The second-order valence-corrected chi connectivity index (χ2v) is 1.75. The first-order chi connectivity index (χ1) is 4.75. The SMILES string of the molecule is [2H]C1CC=CC(C#N)C1[2H]. The predicted molar refractivity (Wildman–Crippen MR) is 32.1 cm³/mol. The first-order valence-corrected chi connectivity index (χ1v) is 2.66. The van der Waals surface area contributed by atoms with E-state index in [1.54, 1.807) is 6.08 Å². The lowest BCUT2D eigenvalue weighted by atomic mass is 9.98. The monoisotopic (exact) mass is 109 g/mol. The van der Waals surface area contributed by atoms with Gasteiger partial charge in [-0.2, -0.15) is 5.26 Å². The van der Waals surface area contributed by atoms with Crippen LogP contribution in [-0.4, -0.2) is 0 Å². The minimum absolute atomic E-state index is 0.365. The highest BCUT2D eigenvalue weighted by molar-refractivity contribution is 5.02. The molecule has 0 saturated carbocycles. The Kier molecular flexibility index (Phi) is 1.04. The van der Waals surface area contributed by atoms with Gasteiger partial charge >= 0.3 is 0 Å². The standard InChI is InChI=1S/C7H9N/c8-6-7-4-2-1-3-5-7/h2,4,7H,1,3,5H2/i3D,5D. The van der Waals surface area contributed by atoms with Gasteiger partial charge in [-0.15, -0.1) is 0 Å². The molecule has 0 bridgehead atoms. The highest BCUT2D eigenvalue weighted by Gasteiger charge is 2.04. The van der Waals surface area contributed by atoms with Crippen LogP contribution >= 0.6 is 0 Å². The third kappa shape index (κ3) is 1.10. The average molecular weight is 109 g/mol. The van der Waals surface area contributed by atoms with Gasteiger partial charge in [-0.25, -0.2) is 0 Å². The van der Waals surface area contributed by atoms with E-state index in [2.05, 4.69) is 0 Å². The van der Waals surface area contributed by atoms with Gasteiger partial charge in [0.15, 0.2) is 0 Å². The summed E-state index contributed by atoms with van der Waals surface area (Å²) in [6.45, 7) is 0. The average Bonchev–Trinajstić information content (AvgIpc) is 1.95. The Balaban J connectivity index is 2.68. The van der Waals surface area contributed by atoms with Gasteiger partial charge < -0.3 is 0 Å². The van der Waals surface area contributed by atoms with E-state index in [4.69, 9.17) is 8.00 Å². The predicted octanol–water partition coefficient (Wildman–Crippen LogP) is 1.87. The zero-order valence-electron chi connectivity index (χ0n) is 6.54. The highest BCUT2D eigenvalue weighted by atomic mass is 14.3. The lowest BCUT2D eigenvalue weighted by Crippen LogP contribution is -1.95. The fraction of sp³-hybridized carbons (Fsp3) is 0.571. The van der Waals surface area contributed by atoms with Crippen LogP contribution in [0.15, 0.2) is 12.2 Å². The molecule has 1 nitrogen and oxygen atoms in total. The molecule has 42 valence electrons. The lowest BCUT2D eigenvalue weighted by Gasteiger charge is -2.05. The summed E-state index contributed by atoms with van der Waals surface area (Å²) in [6.07, 6.45) is 3.20. The van der Waals surface area contributed by atoms with Crippen molar-refractivity contribution >= 4 is 0 Å². The lowest BCUT2D eigenvalue weighted by molar-refractivity contribution is 0.640. The largest absolute Gasteiger partial charge is 0.198 e. The van der Waals surface area contributed by atoms with E-state index < -0.39 is 12.8 Å². The summed E-state index contributed by atoms with van der Waals surface area (Å²) in [7, 11) is 0. The zero-order chi connectivity index (χ0) is 7.56. The summed E-state index contributed by atoms with van der Waals surface area (Å²) < 4.78 is 14.7. The molecule has 0 spiro atoms. The maximum atomic E-state index is 8.47. The zero-order valence-corrected chi connectivity index (χ0v) is 4.54. The third-order valence-electron chi connectivity index (χ3n) is 1.11. The highest BCUT2D eigenvalue weighted by Crippen LogP contribution is 2.14. The number of allylic oxidation sites excluding steroid dienone is 2. The number of rotatable bonds is 0. The van der Waals surface area contributed by atoms with Crippen molar-refractivity contribution in [3.8, 4) is 6.07 Å². The molecule has 0 aromatic rings. The van der Waals surface area contributed by atoms with E-state index in [-0.39, 0.29) is 5.92 Å². The molecule has 0 N–H and O–H groups in total. The van der Waals surface area contributed by atoms with Crippen molar-refractivity contribution in [3.63, 3.8) is 0 Å². The number of nitriles is 1. The topological polar surface area (TPSA) is 23.8 Å². The van der Waals surface area contributed by atoms with E-state index in [0.717, 1.165) is 0 Å². The molecule has 0 aliphatic heterocycles. The van der Waals surface area contributed by atoms with Crippen LogP contribution in [0.5, 0.6) is 0 Å². The molecule has 0 heterocycles. The van der Waals surface area contributed by atoms with E-state index in [9.17, 15) is 0 Å². The van der Waals surface area contributed by atoms with Gasteiger partial charge in [0, 0.05) is 2.74 Å². The summed E-state index contributed by atoms with van der Waals surface area (Å²) in [5, 5.41) is 8.47. The molecule has 0 radical (unpaired) electrons. The molecule has 0 fully saturated rings. The maximum absolute atomic E-state index is 8.47. The maximum Gasteiger partial charge on any atom is 0.0697 e. The van der Waals surface area contributed by atoms with Crippen LogP contribution in [0.1, 0.15) is 22.0 Å². The first kappa shape index (κ1) is 3.29. The van der Waals surface area contributed by atoms with Crippen LogP contribution in [-0.2, 0) is 0 Å². The normalized spacial score (nSPS) is 49.1. The molecule has 0 amide bonds. The van der Waals surface area contributed by atoms with Crippen molar-refractivity contribution in [2.75, 3.05) is 0 Å². The van der Waals surface area contributed by atoms with Crippen LogP contribution in [0.3, 0.4) is 0 Å². The van der Waals surface area contributed by atoms with Gasteiger partial charge in [0.2, 0.25) is 0 Å². The molecule has 1 heteroatoms. The third-order valence-corrected chi connectivity index (χ3v) is 1.11. The van der Waals surface area contributed by atoms with E-state index in [1.165, 1.54) is 0 Å². The fourth-order valence-electron chi connectivity index (χ4n) is 0.679. The van der Waals surface area contributed by atoms with Gasteiger partial charge in [-0.3, -0.25) is 0 Å². The Morgan fingerprint density at radius 3 is 3.38 bits per heavy atom. The second kappa shape index (κ2) is 2.52. The molecule has 1 rings (SSSR count). The first-order valence-electron chi connectivity index (χ1n) is 3.82. The molecule has 3 unspecified atom stereocenters. The Morgan fingerprint density at radius 1 is 1.88 bits per heavy atom. The summed E-state index contributed by atoms with van der Waals surface area (Å²) in [5.41, 5.74) is 0. The summed E-state index contributed by atoms with van der Waals surface area (Å²) in [4.78, 5) is 0. The van der Waals surface area contributed by atoms with Crippen LogP contribution in [0.4, 0.5) is 0 Å². The van der Waals surface area contributed by atoms with Gasteiger partial charge in [-0.1, -0.05) is 12.2 Å². The molecule has 3 atom stereocenters. The minimum Gasteiger partial charge on any atom is -0.198 e. The molecule has 0 aromatic carbocycles. The molecular formula is C7H9N. The van der Waals surface area contributed by atoms with Gasteiger partial charge in [0.25, 0.3) is 0 Å². The summed E-state index contributed by atoms with van der Waals surface area (Å²) in [5.74, 6) is -0.365. The number of hydrogen-bond donors (Lipinski definition) is 0.